The van der Waals surface area contributed by atoms with Crippen LogP contribution in [0.25, 0.3) is 0 Å². The Labute approximate surface area is 230 Å². The lowest BCUT2D eigenvalue weighted by atomic mass is 9.90. The van der Waals surface area contributed by atoms with Gasteiger partial charge >= 0.3 is 0 Å². The monoisotopic (exact) mass is 517 g/mol. The Balaban J connectivity index is 1.14. The first-order chi connectivity index (χ1) is 19.2. The number of nitriles is 1. The summed E-state index contributed by atoms with van der Waals surface area (Å²) in [6.45, 7) is 3.54. The standard InChI is InChI=1S/C33H35N5O/c34-20-26-13-15-27(16-14-26)22-38-25-35-21-31(38)17-18-33(39)36-30-12-7-19-37(23-30)24-32(28-8-3-1-4-9-28)29-10-5-2-6-11-29/h1-6,8-11,13-16,21,25,30,32H,7,12,17-19,22-24H2,(H,36,39). The lowest BCUT2D eigenvalue weighted by Crippen LogP contribution is -2.48. The molecule has 1 aromatic heterocycles. The molecule has 39 heavy (non-hydrogen) atoms. The van der Waals surface area contributed by atoms with E-state index in [1.165, 1.54) is 11.1 Å². The fourth-order valence-electron chi connectivity index (χ4n) is 5.49. The molecule has 6 nitrogen and oxygen atoms in total. The van der Waals surface area contributed by atoms with Crippen LogP contribution in [0.15, 0.2) is 97.5 Å². The molecule has 198 valence electrons. The van der Waals surface area contributed by atoms with Crippen molar-refractivity contribution in [3.8, 4) is 6.07 Å². The van der Waals surface area contributed by atoms with Crippen LogP contribution in [-0.2, 0) is 17.8 Å². The normalized spacial score (nSPS) is 15.6. The molecule has 0 saturated carbocycles. The zero-order valence-corrected chi connectivity index (χ0v) is 22.2. The van der Waals surface area contributed by atoms with E-state index in [-0.39, 0.29) is 11.9 Å². The number of imidazole rings is 1. The third kappa shape index (κ3) is 7.22. The van der Waals surface area contributed by atoms with Crippen molar-refractivity contribution in [3.05, 3.63) is 125 Å². The maximum Gasteiger partial charge on any atom is 0.220 e. The first-order valence-corrected chi connectivity index (χ1v) is 13.8. The van der Waals surface area contributed by atoms with Crippen LogP contribution in [0.4, 0.5) is 0 Å². The van der Waals surface area contributed by atoms with Gasteiger partial charge in [-0.05, 0) is 54.6 Å². The van der Waals surface area contributed by atoms with E-state index in [9.17, 15) is 4.79 Å². The summed E-state index contributed by atoms with van der Waals surface area (Å²) in [5, 5.41) is 12.3. The van der Waals surface area contributed by atoms with E-state index in [0.29, 0.717) is 30.9 Å². The maximum absolute atomic E-state index is 12.9. The molecule has 3 aromatic carbocycles. The van der Waals surface area contributed by atoms with E-state index in [2.05, 4.69) is 86.5 Å². The number of carbonyl (C=O) groups is 1. The lowest BCUT2D eigenvalue weighted by molar-refractivity contribution is -0.122. The van der Waals surface area contributed by atoms with Gasteiger partial charge in [-0.25, -0.2) is 4.98 Å². The molecule has 0 bridgehead atoms. The van der Waals surface area contributed by atoms with Gasteiger partial charge < -0.3 is 14.8 Å². The van der Waals surface area contributed by atoms with Gasteiger partial charge in [0.25, 0.3) is 0 Å². The molecule has 5 rings (SSSR count). The van der Waals surface area contributed by atoms with Crippen molar-refractivity contribution in [2.75, 3.05) is 19.6 Å². The Morgan fingerprint density at radius 2 is 1.69 bits per heavy atom. The lowest BCUT2D eigenvalue weighted by Gasteiger charge is -2.35. The van der Waals surface area contributed by atoms with Crippen molar-refractivity contribution in [1.82, 2.24) is 19.8 Å². The Morgan fingerprint density at radius 1 is 1.00 bits per heavy atom. The van der Waals surface area contributed by atoms with Gasteiger partial charge in [0.1, 0.15) is 0 Å². The predicted octanol–water partition coefficient (Wildman–Crippen LogP) is 5.15. The van der Waals surface area contributed by atoms with Crippen LogP contribution in [0.2, 0.25) is 0 Å². The van der Waals surface area contributed by atoms with Crippen LogP contribution in [0, 0.1) is 11.3 Å². The van der Waals surface area contributed by atoms with Crippen molar-refractivity contribution in [2.24, 2.45) is 0 Å². The van der Waals surface area contributed by atoms with Gasteiger partial charge in [-0.1, -0.05) is 72.8 Å². The number of hydrogen-bond acceptors (Lipinski definition) is 4. The van der Waals surface area contributed by atoms with Crippen LogP contribution < -0.4 is 5.32 Å². The largest absolute Gasteiger partial charge is 0.352 e. The number of aryl methyl sites for hydroxylation is 1. The Hall–Kier alpha value is -4.21. The minimum absolute atomic E-state index is 0.0932. The molecule has 0 aliphatic carbocycles. The van der Waals surface area contributed by atoms with Crippen molar-refractivity contribution in [1.29, 1.82) is 5.26 Å². The molecule has 1 unspecified atom stereocenters. The van der Waals surface area contributed by atoms with Gasteiger partial charge in [-0.15, -0.1) is 0 Å². The Kier molecular flexibility index (Phi) is 8.82. The smallest absolute Gasteiger partial charge is 0.220 e. The molecule has 0 radical (unpaired) electrons. The second-order valence-electron chi connectivity index (χ2n) is 10.4. The number of benzene rings is 3. The second kappa shape index (κ2) is 13.0. The fraction of sp³-hybridized carbons (Fsp3) is 0.303. The third-order valence-corrected chi connectivity index (χ3v) is 7.56. The molecule has 2 heterocycles. The highest BCUT2D eigenvalue weighted by Gasteiger charge is 2.25. The summed E-state index contributed by atoms with van der Waals surface area (Å²) in [5.41, 5.74) is 5.44. The summed E-state index contributed by atoms with van der Waals surface area (Å²) in [4.78, 5) is 19.7. The number of aromatic nitrogens is 2. The quantitative estimate of drug-likeness (QED) is 0.316. The van der Waals surface area contributed by atoms with E-state index < -0.39 is 0 Å². The van der Waals surface area contributed by atoms with Crippen molar-refractivity contribution in [3.63, 3.8) is 0 Å². The Morgan fingerprint density at radius 3 is 2.36 bits per heavy atom. The highest BCUT2D eigenvalue weighted by atomic mass is 16.1. The van der Waals surface area contributed by atoms with E-state index in [1.54, 1.807) is 6.33 Å². The molecule has 1 fully saturated rings. The minimum atomic E-state index is 0.0932. The van der Waals surface area contributed by atoms with E-state index in [4.69, 9.17) is 5.26 Å². The van der Waals surface area contributed by atoms with Gasteiger partial charge in [0, 0.05) is 49.9 Å². The van der Waals surface area contributed by atoms with E-state index >= 15 is 0 Å². The zero-order chi connectivity index (χ0) is 26.9. The predicted molar refractivity (Wildman–Crippen MR) is 153 cm³/mol. The summed E-state index contributed by atoms with van der Waals surface area (Å²) >= 11 is 0. The van der Waals surface area contributed by atoms with Crippen LogP contribution in [-0.4, -0.2) is 46.0 Å². The molecule has 1 amide bonds. The molecular formula is C33H35N5O. The number of piperidine rings is 1. The number of rotatable bonds is 10. The van der Waals surface area contributed by atoms with E-state index in [0.717, 1.165) is 43.7 Å². The summed E-state index contributed by atoms with van der Waals surface area (Å²) < 4.78 is 2.07. The average Bonchev–Trinajstić information content (AvgIpc) is 3.43. The molecular weight excluding hydrogens is 482 g/mol. The van der Waals surface area contributed by atoms with Gasteiger partial charge in [0.2, 0.25) is 5.91 Å². The maximum atomic E-state index is 12.9. The highest BCUT2D eigenvalue weighted by Crippen LogP contribution is 2.27. The summed E-state index contributed by atoms with van der Waals surface area (Å²) in [7, 11) is 0. The number of amides is 1. The molecule has 1 saturated heterocycles. The SMILES string of the molecule is N#Cc1ccc(Cn2cncc2CCC(=O)NC2CCCN(CC(c3ccccc3)c3ccccc3)C2)cc1. The first kappa shape index (κ1) is 26.4. The number of hydrogen-bond donors (Lipinski definition) is 1. The molecule has 1 aliphatic heterocycles. The minimum Gasteiger partial charge on any atom is -0.352 e. The van der Waals surface area contributed by atoms with Crippen molar-refractivity contribution in [2.45, 2.75) is 44.2 Å². The summed E-state index contributed by atoms with van der Waals surface area (Å²) in [6, 6.07) is 31.3. The van der Waals surface area contributed by atoms with E-state index in [1.807, 2.05) is 30.5 Å². The number of carbonyl (C=O) groups excluding carboxylic acids is 1. The molecule has 4 aromatic rings. The van der Waals surface area contributed by atoms with Crippen molar-refractivity contribution >= 4 is 5.91 Å². The summed E-state index contributed by atoms with van der Waals surface area (Å²) in [6.07, 6.45) is 6.82. The van der Waals surface area contributed by atoms with Crippen LogP contribution in [0.5, 0.6) is 0 Å². The van der Waals surface area contributed by atoms with Gasteiger partial charge in [0.05, 0.1) is 18.0 Å². The molecule has 1 N–H and O–H groups in total. The summed E-state index contributed by atoms with van der Waals surface area (Å²) in [5.74, 6) is 0.397. The molecule has 0 spiro atoms. The third-order valence-electron chi connectivity index (χ3n) is 7.56. The number of nitrogens with zero attached hydrogens (tertiary/aromatic N) is 4. The van der Waals surface area contributed by atoms with Crippen LogP contribution >= 0.6 is 0 Å². The Bertz CT molecular complexity index is 1340. The van der Waals surface area contributed by atoms with Gasteiger partial charge in [-0.2, -0.15) is 5.26 Å². The molecule has 6 heteroatoms. The first-order valence-electron chi connectivity index (χ1n) is 13.8. The highest BCUT2D eigenvalue weighted by molar-refractivity contribution is 5.76. The molecule has 1 aliphatic rings. The zero-order valence-electron chi connectivity index (χ0n) is 22.2. The second-order valence-corrected chi connectivity index (χ2v) is 10.4. The van der Waals surface area contributed by atoms with Gasteiger partial charge in [0.15, 0.2) is 0 Å². The topological polar surface area (TPSA) is 73.9 Å². The fourth-order valence-corrected chi connectivity index (χ4v) is 5.49. The van der Waals surface area contributed by atoms with Crippen LogP contribution in [0.3, 0.4) is 0 Å². The average molecular weight is 518 g/mol. The van der Waals surface area contributed by atoms with Crippen LogP contribution in [0.1, 0.15) is 53.1 Å². The number of likely N-dealkylation sites (tertiary alicyclic amines) is 1. The molecule has 1 atom stereocenters. The van der Waals surface area contributed by atoms with Gasteiger partial charge in [-0.3, -0.25) is 4.79 Å². The number of nitrogens with one attached hydrogen (secondary N) is 1. The van der Waals surface area contributed by atoms with Crippen molar-refractivity contribution < 1.29 is 4.79 Å².